The van der Waals surface area contributed by atoms with Crippen molar-refractivity contribution in [2.24, 2.45) is 0 Å². The van der Waals surface area contributed by atoms with Crippen molar-refractivity contribution >= 4 is 23.4 Å². The largest absolute Gasteiger partial charge is 0.350 e. The van der Waals surface area contributed by atoms with E-state index in [4.69, 9.17) is 11.6 Å². The van der Waals surface area contributed by atoms with Crippen LogP contribution in [0.2, 0.25) is 5.02 Å². The van der Waals surface area contributed by atoms with Gasteiger partial charge in [-0.2, -0.15) is 0 Å². The van der Waals surface area contributed by atoms with Crippen LogP contribution in [-0.2, 0) is 29.0 Å². The molecule has 0 radical (unpaired) electrons. The van der Waals surface area contributed by atoms with Crippen molar-refractivity contribution in [3.8, 4) is 0 Å². The van der Waals surface area contributed by atoms with E-state index < -0.39 is 6.04 Å². The molecule has 2 amide bonds. The number of hydrogen-bond donors (Lipinski definition) is 1. The minimum atomic E-state index is -0.601. The van der Waals surface area contributed by atoms with Crippen molar-refractivity contribution in [3.63, 3.8) is 0 Å². The average molecular weight is 429 g/mol. The number of rotatable bonds is 8. The van der Waals surface area contributed by atoms with Gasteiger partial charge in [0.05, 0.1) is 0 Å². The summed E-state index contributed by atoms with van der Waals surface area (Å²) in [7, 11) is 0. The number of benzene rings is 2. The summed E-state index contributed by atoms with van der Waals surface area (Å²) in [5.41, 5.74) is 2.85. The van der Waals surface area contributed by atoms with Crippen LogP contribution in [0.4, 0.5) is 0 Å². The SMILES string of the molecule is CCc1ccc(CCC(=O)N(Cc2ccccc2Cl)C(C)C(=O)NC(C)(C)C)cc1. The third kappa shape index (κ3) is 7.17. The highest BCUT2D eigenvalue weighted by molar-refractivity contribution is 6.31. The number of nitrogens with one attached hydrogen (secondary N) is 1. The zero-order chi connectivity index (χ0) is 22.3. The quantitative estimate of drug-likeness (QED) is 0.630. The van der Waals surface area contributed by atoms with Crippen LogP contribution >= 0.6 is 11.6 Å². The van der Waals surface area contributed by atoms with Crippen molar-refractivity contribution in [1.29, 1.82) is 0 Å². The fourth-order valence-electron chi connectivity index (χ4n) is 3.20. The molecule has 2 aromatic rings. The van der Waals surface area contributed by atoms with E-state index in [9.17, 15) is 9.59 Å². The van der Waals surface area contributed by atoms with Gasteiger partial charge >= 0.3 is 0 Å². The van der Waals surface area contributed by atoms with E-state index in [0.29, 0.717) is 24.4 Å². The van der Waals surface area contributed by atoms with Gasteiger partial charge in [-0.25, -0.2) is 0 Å². The standard InChI is InChI=1S/C25H33ClN2O2/c1-6-19-11-13-20(14-12-19)15-16-23(29)28(17-21-9-7-8-10-22(21)26)18(2)24(30)27-25(3,4)5/h7-14,18H,6,15-17H2,1-5H3,(H,27,30). The molecular weight excluding hydrogens is 396 g/mol. The Hall–Kier alpha value is -2.33. The smallest absolute Gasteiger partial charge is 0.242 e. The fraction of sp³-hybridized carbons (Fsp3) is 0.440. The van der Waals surface area contributed by atoms with E-state index >= 15 is 0 Å². The molecule has 5 heteroatoms. The highest BCUT2D eigenvalue weighted by Gasteiger charge is 2.28. The normalized spacial score (nSPS) is 12.3. The Morgan fingerprint density at radius 1 is 1.03 bits per heavy atom. The Bertz CT molecular complexity index is 856. The second-order valence-corrected chi connectivity index (χ2v) is 9.11. The van der Waals surface area contributed by atoms with Crippen molar-refractivity contribution in [2.45, 2.75) is 72.0 Å². The molecular formula is C25H33ClN2O2. The summed E-state index contributed by atoms with van der Waals surface area (Å²) in [6.45, 7) is 9.97. The van der Waals surface area contributed by atoms with Gasteiger partial charge in [0.1, 0.15) is 6.04 Å². The average Bonchev–Trinajstić information content (AvgIpc) is 2.70. The molecule has 0 aliphatic carbocycles. The first kappa shape index (κ1) is 23.9. The molecule has 2 rings (SSSR count). The van der Waals surface area contributed by atoms with Crippen LogP contribution < -0.4 is 5.32 Å². The van der Waals surface area contributed by atoms with E-state index in [1.54, 1.807) is 17.9 Å². The van der Waals surface area contributed by atoms with Gasteiger partial charge in [0.25, 0.3) is 0 Å². The lowest BCUT2D eigenvalue weighted by molar-refractivity contribution is -0.141. The molecule has 30 heavy (non-hydrogen) atoms. The number of amides is 2. The van der Waals surface area contributed by atoms with Crippen molar-refractivity contribution in [2.75, 3.05) is 0 Å². The summed E-state index contributed by atoms with van der Waals surface area (Å²) < 4.78 is 0. The topological polar surface area (TPSA) is 49.4 Å². The number of halogens is 1. The zero-order valence-corrected chi connectivity index (χ0v) is 19.4. The maximum absolute atomic E-state index is 13.2. The molecule has 1 unspecified atom stereocenters. The molecule has 0 spiro atoms. The Morgan fingerprint density at radius 2 is 1.63 bits per heavy atom. The molecule has 0 bridgehead atoms. The van der Waals surface area contributed by atoms with E-state index in [-0.39, 0.29) is 17.4 Å². The van der Waals surface area contributed by atoms with Gasteiger partial charge in [0, 0.05) is 23.5 Å². The monoisotopic (exact) mass is 428 g/mol. The highest BCUT2D eigenvalue weighted by Crippen LogP contribution is 2.20. The number of hydrogen-bond acceptors (Lipinski definition) is 2. The lowest BCUT2D eigenvalue weighted by atomic mass is 10.0. The van der Waals surface area contributed by atoms with Gasteiger partial charge < -0.3 is 10.2 Å². The highest BCUT2D eigenvalue weighted by atomic mass is 35.5. The van der Waals surface area contributed by atoms with Crippen LogP contribution in [0.3, 0.4) is 0 Å². The molecule has 1 N–H and O–H groups in total. The maximum Gasteiger partial charge on any atom is 0.242 e. The summed E-state index contributed by atoms with van der Waals surface area (Å²) in [6, 6.07) is 15.2. The Balaban J connectivity index is 2.16. The first-order valence-corrected chi connectivity index (χ1v) is 10.9. The molecule has 162 valence electrons. The number of carbonyl (C=O) groups is 2. The van der Waals surface area contributed by atoms with E-state index in [1.807, 2.05) is 39.0 Å². The minimum absolute atomic E-state index is 0.0638. The second-order valence-electron chi connectivity index (χ2n) is 8.70. The number of carbonyl (C=O) groups excluding carboxylic acids is 2. The third-order valence-corrected chi connectivity index (χ3v) is 5.39. The van der Waals surface area contributed by atoms with Gasteiger partial charge in [-0.05, 0) is 63.3 Å². The van der Waals surface area contributed by atoms with Crippen LogP contribution in [0.1, 0.15) is 57.7 Å². The van der Waals surface area contributed by atoms with Gasteiger partial charge in [0.2, 0.25) is 11.8 Å². The van der Waals surface area contributed by atoms with E-state index in [0.717, 1.165) is 17.5 Å². The van der Waals surface area contributed by atoms with Gasteiger partial charge in [-0.3, -0.25) is 9.59 Å². The summed E-state index contributed by atoms with van der Waals surface area (Å²) >= 11 is 6.33. The molecule has 0 saturated heterocycles. The molecule has 4 nitrogen and oxygen atoms in total. The van der Waals surface area contributed by atoms with E-state index in [2.05, 4.69) is 36.5 Å². The minimum Gasteiger partial charge on any atom is -0.350 e. The van der Waals surface area contributed by atoms with Crippen LogP contribution in [-0.4, -0.2) is 28.3 Å². The van der Waals surface area contributed by atoms with Crippen molar-refractivity contribution < 1.29 is 9.59 Å². The predicted molar refractivity (Wildman–Crippen MR) is 124 cm³/mol. The lowest BCUT2D eigenvalue weighted by Crippen LogP contribution is -2.52. The number of nitrogens with zero attached hydrogens (tertiary/aromatic N) is 1. The summed E-state index contributed by atoms with van der Waals surface area (Å²) in [5, 5.41) is 3.57. The maximum atomic E-state index is 13.2. The Kier molecular flexibility index (Phi) is 8.48. The first-order chi connectivity index (χ1) is 14.1. The van der Waals surface area contributed by atoms with E-state index in [1.165, 1.54) is 5.56 Å². The van der Waals surface area contributed by atoms with Crippen LogP contribution in [0.15, 0.2) is 48.5 Å². The molecule has 2 aromatic carbocycles. The molecule has 0 aliphatic heterocycles. The number of aryl methyl sites for hydroxylation is 2. The van der Waals surface area contributed by atoms with Crippen molar-refractivity contribution in [3.05, 3.63) is 70.2 Å². The molecule has 1 atom stereocenters. The lowest BCUT2D eigenvalue weighted by Gasteiger charge is -2.31. The summed E-state index contributed by atoms with van der Waals surface area (Å²) in [6.07, 6.45) is 1.96. The first-order valence-electron chi connectivity index (χ1n) is 10.5. The third-order valence-electron chi connectivity index (χ3n) is 5.02. The molecule has 0 aromatic heterocycles. The fourth-order valence-corrected chi connectivity index (χ4v) is 3.40. The Morgan fingerprint density at radius 3 is 2.20 bits per heavy atom. The van der Waals surface area contributed by atoms with Gasteiger partial charge in [-0.1, -0.05) is 61.0 Å². The van der Waals surface area contributed by atoms with Crippen LogP contribution in [0.5, 0.6) is 0 Å². The summed E-state index contributed by atoms with van der Waals surface area (Å²) in [5.74, 6) is -0.235. The molecule has 0 heterocycles. The molecule has 0 fully saturated rings. The van der Waals surface area contributed by atoms with Gasteiger partial charge in [-0.15, -0.1) is 0 Å². The summed E-state index contributed by atoms with van der Waals surface area (Å²) in [4.78, 5) is 27.6. The predicted octanol–water partition coefficient (Wildman–Crippen LogP) is 5.17. The van der Waals surface area contributed by atoms with Crippen LogP contribution in [0.25, 0.3) is 0 Å². The van der Waals surface area contributed by atoms with Crippen LogP contribution in [0, 0.1) is 0 Å². The zero-order valence-electron chi connectivity index (χ0n) is 18.7. The molecule has 0 saturated carbocycles. The molecule has 0 aliphatic rings. The van der Waals surface area contributed by atoms with Gasteiger partial charge in [0.15, 0.2) is 0 Å². The second kappa shape index (κ2) is 10.6. The van der Waals surface area contributed by atoms with Crippen molar-refractivity contribution in [1.82, 2.24) is 10.2 Å². The Labute approximate surface area is 185 Å².